The van der Waals surface area contributed by atoms with Gasteiger partial charge >= 0.3 is 0 Å². The molecule has 6 nitrogen and oxygen atoms in total. The van der Waals surface area contributed by atoms with Crippen LogP contribution in [-0.2, 0) is 11.2 Å². The van der Waals surface area contributed by atoms with Gasteiger partial charge in [0.25, 0.3) is 0 Å². The van der Waals surface area contributed by atoms with E-state index in [9.17, 15) is 4.79 Å². The number of thioether (sulfide) groups is 1. The van der Waals surface area contributed by atoms with E-state index in [0.717, 1.165) is 82.9 Å². The molecule has 0 radical (unpaired) electrons. The van der Waals surface area contributed by atoms with Crippen molar-refractivity contribution in [1.82, 2.24) is 20.4 Å². The maximum atomic E-state index is 10.8. The minimum absolute atomic E-state index is 0.686. The molecular formula is C30H39N5OS. The Balaban J connectivity index is 1.18. The molecule has 1 amide bonds. The summed E-state index contributed by atoms with van der Waals surface area (Å²) in [7, 11) is 0. The molecular weight excluding hydrogens is 478 g/mol. The molecule has 0 unspecified atom stereocenters. The normalized spacial score (nSPS) is 19.4. The minimum Gasteiger partial charge on any atom is -0.387 e. The third-order valence-corrected chi connectivity index (χ3v) is 8.71. The van der Waals surface area contributed by atoms with E-state index in [-0.39, 0.29) is 0 Å². The van der Waals surface area contributed by atoms with Crippen molar-refractivity contribution in [1.29, 1.82) is 0 Å². The highest BCUT2D eigenvalue weighted by Gasteiger charge is 2.24. The van der Waals surface area contributed by atoms with E-state index < -0.39 is 0 Å². The smallest absolute Gasteiger partial charge is 0.207 e. The summed E-state index contributed by atoms with van der Waals surface area (Å²) >= 11 is 2.00. The number of rotatable bonds is 11. The van der Waals surface area contributed by atoms with Gasteiger partial charge in [0.05, 0.1) is 0 Å². The number of nitrogens with one attached hydrogen (secondary N) is 3. The Bertz CT molecular complexity index is 1130. The maximum Gasteiger partial charge on any atom is 0.207 e. The van der Waals surface area contributed by atoms with Gasteiger partial charge in [-0.15, -0.1) is 0 Å². The second-order valence-electron chi connectivity index (χ2n) is 10.1. The Hall–Kier alpha value is -2.74. The van der Waals surface area contributed by atoms with Gasteiger partial charge in [-0.3, -0.25) is 14.6 Å². The fourth-order valence-electron chi connectivity index (χ4n) is 5.53. The number of carbonyl (C=O) groups is 1. The largest absolute Gasteiger partial charge is 0.387 e. The van der Waals surface area contributed by atoms with E-state index in [1.165, 1.54) is 44.9 Å². The molecule has 0 aliphatic carbocycles. The molecule has 7 heteroatoms. The zero-order chi connectivity index (χ0) is 25.5. The van der Waals surface area contributed by atoms with Gasteiger partial charge in [0.1, 0.15) is 0 Å². The van der Waals surface area contributed by atoms with Gasteiger partial charge in [-0.1, -0.05) is 30.9 Å². The Kier molecular flexibility index (Phi) is 8.87. The summed E-state index contributed by atoms with van der Waals surface area (Å²) in [4.78, 5) is 15.9. The van der Waals surface area contributed by atoms with Crippen LogP contribution in [0.2, 0.25) is 0 Å². The molecule has 0 bridgehead atoms. The first-order valence-electron chi connectivity index (χ1n) is 13.5. The summed E-state index contributed by atoms with van der Waals surface area (Å²) in [6, 6.07) is 6.87. The average molecular weight is 518 g/mol. The van der Waals surface area contributed by atoms with Crippen molar-refractivity contribution < 1.29 is 4.79 Å². The van der Waals surface area contributed by atoms with Crippen molar-refractivity contribution in [3.63, 3.8) is 0 Å². The lowest BCUT2D eigenvalue weighted by atomic mass is 9.90. The van der Waals surface area contributed by atoms with Gasteiger partial charge in [0.2, 0.25) is 6.41 Å². The predicted octanol–water partition coefficient (Wildman–Crippen LogP) is 3.78. The zero-order valence-electron chi connectivity index (χ0n) is 21.7. The fourth-order valence-corrected chi connectivity index (χ4v) is 6.58. The lowest BCUT2D eigenvalue weighted by Gasteiger charge is -2.31. The number of hydrogen-bond donors (Lipinski definition) is 3. The van der Waals surface area contributed by atoms with E-state index in [4.69, 9.17) is 0 Å². The molecule has 0 atom stereocenters. The molecule has 4 aliphatic heterocycles. The third-order valence-electron chi connectivity index (χ3n) is 7.73. The van der Waals surface area contributed by atoms with E-state index in [1.807, 2.05) is 11.8 Å². The van der Waals surface area contributed by atoms with E-state index >= 15 is 0 Å². The van der Waals surface area contributed by atoms with Crippen molar-refractivity contribution in [3.05, 3.63) is 82.7 Å². The molecule has 1 aromatic carbocycles. The van der Waals surface area contributed by atoms with Gasteiger partial charge in [-0.05, 0) is 65.0 Å². The van der Waals surface area contributed by atoms with Crippen LogP contribution in [0.4, 0.5) is 5.69 Å². The molecule has 5 rings (SSSR count). The van der Waals surface area contributed by atoms with Gasteiger partial charge in [0.15, 0.2) is 0 Å². The van der Waals surface area contributed by atoms with Crippen LogP contribution in [0.1, 0.15) is 24.0 Å². The summed E-state index contributed by atoms with van der Waals surface area (Å²) < 4.78 is 0. The number of anilines is 1. The molecule has 37 heavy (non-hydrogen) atoms. The molecule has 196 valence electrons. The number of dihydropyridines is 1. The third kappa shape index (κ3) is 6.58. The Morgan fingerprint density at radius 1 is 1.19 bits per heavy atom. The topological polar surface area (TPSA) is 59.6 Å². The summed E-state index contributed by atoms with van der Waals surface area (Å²) in [5, 5.41) is 9.69. The van der Waals surface area contributed by atoms with Crippen LogP contribution in [0.25, 0.3) is 5.57 Å². The molecule has 1 aromatic rings. The lowest BCUT2D eigenvalue weighted by molar-refractivity contribution is -0.109. The summed E-state index contributed by atoms with van der Waals surface area (Å²) in [6.45, 7) is 11.9. The summed E-state index contributed by atoms with van der Waals surface area (Å²) in [5.74, 6) is 2.24. The van der Waals surface area contributed by atoms with Crippen LogP contribution in [0, 0.1) is 0 Å². The van der Waals surface area contributed by atoms with Crippen LogP contribution in [0.3, 0.4) is 0 Å². The highest BCUT2D eigenvalue weighted by atomic mass is 32.2. The SMILES string of the molecule is C=C1Nc2ccc(CCN(CCNC=O)CCN3CC=C(C4=CNCC=C4)CC3)cc2C2=C1CSCC2. The zero-order valence-corrected chi connectivity index (χ0v) is 22.5. The highest BCUT2D eigenvalue weighted by Crippen LogP contribution is 2.42. The standard InChI is InChI=1S/C30H39N5OS/c1-23-29-21-37-18-9-27(29)28-19-24(4-5-30(28)33-23)6-12-35(15-11-32-22-36)17-16-34-13-7-25(8-14-34)26-3-2-10-31-20-26/h2-5,7,19-20,22,31,33H,1,6,8-18,21H2,(H,32,36). The summed E-state index contributed by atoms with van der Waals surface area (Å²) in [5.41, 5.74) is 10.7. The predicted molar refractivity (Wildman–Crippen MR) is 157 cm³/mol. The Labute approximate surface area is 225 Å². The highest BCUT2D eigenvalue weighted by molar-refractivity contribution is 7.99. The van der Waals surface area contributed by atoms with Crippen LogP contribution in [0.15, 0.2) is 71.6 Å². The number of benzene rings is 1. The second kappa shape index (κ2) is 12.7. The van der Waals surface area contributed by atoms with Crippen LogP contribution >= 0.6 is 11.8 Å². The molecule has 4 aliphatic rings. The molecule has 0 spiro atoms. The van der Waals surface area contributed by atoms with E-state index in [0.29, 0.717) is 6.54 Å². The number of allylic oxidation sites excluding steroid dienone is 4. The van der Waals surface area contributed by atoms with Crippen molar-refractivity contribution in [2.45, 2.75) is 19.3 Å². The molecule has 0 saturated heterocycles. The summed E-state index contributed by atoms with van der Waals surface area (Å²) in [6.07, 6.45) is 13.0. The number of fused-ring (bicyclic) bond motifs is 2. The van der Waals surface area contributed by atoms with Gasteiger partial charge in [0, 0.05) is 81.3 Å². The van der Waals surface area contributed by atoms with Crippen molar-refractivity contribution in [3.8, 4) is 0 Å². The van der Waals surface area contributed by atoms with Crippen molar-refractivity contribution in [2.24, 2.45) is 0 Å². The van der Waals surface area contributed by atoms with Crippen LogP contribution in [0.5, 0.6) is 0 Å². The Morgan fingerprint density at radius 3 is 2.95 bits per heavy atom. The van der Waals surface area contributed by atoms with Crippen LogP contribution < -0.4 is 16.0 Å². The molecule has 0 saturated carbocycles. The minimum atomic E-state index is 0.686. The van der Waals surface area contributed by atoms with Crippen LogP contribution in [-0.4, -0.2) is 80.1 Å². The number of amides is 1. The fraction of sp³-hybridized carbons (Fsp3) is 0.433. The Morgan fingerprint density at radius 2 is 2.14 bits per heavy atom. The first-order valence-corrected chi connectivity index (χ1v) is 14.7. The van der Waals surface area contributed by atoms with Gasteiger partial charge in [-0.2, -0.15) is 11.8 Å². The second-order valence-corrected chi connectivity index (χ2v) is 11.2. The van der Waals surface area contributed by atoms with E-state index in [1.54, 1.807) is 0 Å². The molecule has 0 aromatic heterocycles. The first-order chi connectivity index (χ1) is 18.2. The molecule has 4 heterocycles. The van der Waals surface area contributed by atoms with E-state index in [2.05, 4.69) is 75.0 Å². The maximum absolute atomic E-state index is 10.8. The monoisotopic (exact) mass is 517 g/mol. The lowest BCUT2D eigenvalue weighted by Crippen LogP contribution is -2.40. The number of hydrogen-bond acceptors (Lipinski definition) is 6. The average Bonchev–Trinajstić information content (AvgIpc) is 2.95. The van der Waals surface area contributed by atoms with Crippen molar-refractivity contribution >= 4 is 29.4 Å². The molecule has 3 N–H and O–H groups in total. The first kappa shape index (κ1) is 25.9. The number of nitrogens with zero attached hydrogens (tertiary/aromatic N) is 2. The number of carbonyl (C=O) groups excluding carboxylic acids is 1. The quantitative estimate of drug-likeness (QED) is 0.307. The van der Waals surface area contributed by atoms with Crippen molar-refractivity contribution in [2.75, 3.05) is 69.2 Å². The van der Waals surface area contributed by atoms with Gasteiger partial charge < -0.3 is 16.0 Å². The van der Waals surface area contributed by atoms with Gasteiger partial charge in [-0.25, -0.2) is 0 Å². The molecule has 0 fully saturated rings.